The van der Waals surface area contributed by atoms with Crippen LogP contribution in [0.4, 0.5) is 4.39 Å². The van der Waals surface area contributed by atoms with Crippen LogP contribution in [0.1, 0.15) is 0 Å². The lowest BCUT2D eigenvalue weighted by atomic mass is 9.98. The Morgan fingerprint density at radius 3 is 2.75 bits per heavy atom. The summed E-state index contributed by atoms with van der Waals surface area (Å²) in [5.41, 5.74) is 1.98. The van der Waals surface area contributed by atoms with Crippen molar-refractivity contribution in [2.75, 3.05) is 7.11 Å². The van der Waals surface area contributed by atoms with Gasteiger partial charge in [-0.05, 0) is 6.07 Å². The van der Waals surface area contributed by atoms with Gasteiger partial charge in [-0.15, -0.1) is 10.2 Å². The highest BCUT2D eigenvalue weighted by Crippen LogP contribution is 2.41. The van der Waals surface area contributed by atoms with Crippen LogP contribution in [-0.4, -0.2) is 27.1 Å². The first-order valence-electron chi connectivity index (χ1n) is 7.21. The van der Waals surface area contributed by atoms with Crippen LogP contribution in [-0.2, 0) is 7.05 Å². The van der Waals surface area contributed by atoms with Crippen molar-refractivity contribution in [2.24, 2.45) is 7.05 Å². The van der Waals surface area contributed by atoms with Gasteiger partial charge >= 0.3 is 0 Å². The monoisotopic (exact) mass is 342 g/mol. The summed E-state index contributed by atoms with van der Waals surface area (Å²) < 4.78 is 21.8. The Morgan fingerprint density at radius 1 is 1.21 bits per heavy atom. The number of aryl methyl sites for hydroxylation is 1. The van der Waals surface area contributed by atoms with Crippen molar-refractivity contribution >= 4 is 33.5 Å². The van der Waals surface area contributed by atoms with Gasteiger partial charge in [0.15, 0.2) is 5.65 Å². The number of halogens is 2. The molecule has 2 aromatic carbocycles. The van der Waals surface area contributed by atoms with E-state index in [-0.39, 0.29) is 0 Å². The average molecular weight is 343 g/mol. The molecule has 0 aliphatic heterocycles. The third-order valence-electron chi connectivity index (χ3n) is 4.00. The summed E-state index contributed by atoms with van der Waals surface area (Å²) in [6.07, 6.45) is 1.64. The lowest BCUT2D eigenvalue weighted by molar-refractivity contribution is 0.415. The quantitative estimate of drug-likeness (QED) is 0.553. The maximum absolute atomic E-state index is 15.0. The SMILES string of the molecule is COc1cc(F)c(-c2ccccc2Cl)c2c1nnc1c2cnn1C. The number of hydrogen-bond donors (Lipinski definition) is 0. The molecule has 120 valence electrons. The smallest absolute Gasteiger partial charge is 0.180 e. The van der Waals surface area contributed by atoms with Gasteiger partial charge in [0.1, 0.15) is 17.1 Å². The van der Waals surface area contributed by atoms with Crippen LogP contribution < -0.4 is 4.74 Å². The zero-order chi connectivity index (χ0) is 16.8. The van der Waals surface area contributed by atoms with E-state index in [0.717, 1.165) is 0 Å². The van der Waals surface area contributed by atoms with E-state index in [1.54, 1.807) is 36.1 Å². The van der Waals surface area contributed by atoms with Gasteiger partial charge in [-0.1, -0.05) is 29.8 Å². The number of aromatic nitrogens is 4. The molecule has 4 rings (SSSR count). The highest BCUT2D eigenvalue weighted by molar-refractivity contribution is 6.34. The molecule has 0 N–H and O–H groups in total. The molecular formula is C17H12ClFN4O. The van der Waals surface area contributed by atoms with E-state index in [2.05, 4.69) is 15.3 Å². The van der Waals surface area contributed by atoms with Crippen LogP contribution in [0.15, 0.2) is 36.5 Å². The van der Waals surface area contributed by atoms with Crippen molar-refractivity contribution in [2.45, 2.75) is 0 Å². The normalized spacial score (nSPS) is 11.3. The lowest BCUT2D eigenvalue weighted by Gasteiger charge is -2.13. The second kappa shape index (κ2) is 5.42. The Labute approximate surface area is 141 Å². The first-order valence-corrected chi connectivity index (χ1v) is 7.59. The summed E-state index contributed by atoms with van der Waals surface area (Å²) in [6, 6.07) is 8.41. The zero-order valence-corrected chi connectivity index (χ0v) is 13.7. The van der Waals surface area contributed by atoms with E-state index in [4.69, 9.17) is 16.3 Å². The molecule has 0 saturated heterocycles. The summed E-state index contributed by atoms with van der Waals surface area (Å²) in [6.45, 7) is 0. The minimum Gasteiger partial charge on any atom is -0.494 e. The van der Waals surface area contributed by atoms with Gasteiger partial charge in [0.25, 0.3) is 0 Å². The Morgan fingerprint density at radius 2 is 2.00 bits per heavy atom. The zero-order valence-electron chi connectivity index (χ0n) is 12.9. The van der Waals surface area contributed by atoms with Crippen LogP contribution in [0.5, 0.6) is 5.75 Å². The predicted octanol–water partition coefficient (Wildman–Crippen LogP) is 3.98. The van der Waals surface area contributed by atoms with Crippen LogP contribution in [0, 0.1) is 5.82 Å². The standard InChI is InChI=1S/C17H12ClFN4O/c1-23-17-10(8-20-23)15-14(9-5-3-4-6-11(9)18)12(19)7-13(24-2)16(15)21-22-17/h3-8H,1-2H3. The molecule has 24 heavy (non-hydrogen) atoms. The van der Waals surface area contributed by atoms with Crippen LogP contribution >= 0.6 is 11.6 Å². The van der Waals surface area contributed by atoms with E-state index >= 15 is 0 Å². The summed E-state index contributed by atoms with van der Waals surface area (Å²) in [5.74, 6) is -0.123. The maximum atomic E-state index is 15.0. The van der Waals surface area contributed by atoms with Crippen LogP contribution in [0.3, 0.4) is 0 Å². The molecule has 2 heterocycles. The van der Waals surface area contributed by atoms with E-state index in [9.17, 15) is 4.39 Å². The Bertz CT molecular complexity index is 1090. The molecule has 7 heteroatoms. The topological polar surface area (TPSA) is 52.8 Å². The molecule has 0 aliphatic carbocycles. The minimum atomic E-state index is -0.439. The summed E-state index contributed by atoms with van der Waals surface area (Å²) in [4.78, 5) is 0. The number of fused-ring (bicyclic) bond motifs is 3. The average Bonchev–Trinajstić information content (AvgIpc) is 2.96. The van der Waals surface area contributed by atoms with Crippen molar-refractivity contribution < 1.29 is 9.13 Å². The van der Waals surface area contributed by atoms with E-state index in [1.165, 1.54) is 13.2 Å². The maximum Gasteiger partial charge on any atom is 0.180 e. The largest absolute Gasteiger partial charge is 0.494 e. The molecule has 5 nitrogen and oxygen atoms in total. The molecule has 0 spiro atoms. The van der Waals surface area contributed by atoms with Gasteiger partial charge in [-0.3, -0.25) is 0 Å². The number of ether oxygens (including phenoxy) is 1. The summed E-state index contributed by atoms with van der Waals surface area (Å²) in [7, 11) is 3.23. The Hall–Kier alpha value is -2.73. The van der Waals surface area contributed by atoms with Gasteiger partial charge in [-0.25, -0.2) is 9.07 Å². The van der Waals surface area contributed by atoms with Crippen LogP contribution in [0.25, 0.3) is 33.1 Å². The molecule has 2 aromatic heterocycles. The van der Waals surface area contributed by atoms with Gasteiger partial charge in [0, 0.05) is 34.6 Å². The number of methoxy groups -OCH3 is 1. The molecule has 0 saturated carbocycles. The van der Waals surface area contributed by atoms with Gasteiger partial charge < -0.3 is 4.74 Å². The van der Waals surface area contributed by atoms with E-state index in [1.807, 2.05) is 6.07 Å². The van der Waals surface area contributed by atoms with Crippen molar-refractivity contribution in [3.05, 3.63) is 47.4 Å². The van der Waals surface area contributed by atoms with E-state index < -0.39 is 5.82 Å². The fourth-order valence-corrected chi connectivity index (χ4v) is 3.11. The second-order valence-electron chi connectivity index (χ2n) is 5.34. The number of hydrogen-bond acceptors (Lipinski definition) is 4. The minimum absolute atomic E-state index is 0.316. The van der Waals surface area contributed by atoms with Crippen molar-refractivity contribution in [3.63, 3.8) is 0 Å². The third kappa shape index (κ3) is 2.03. The predicted molar refractivity (Wildman–Crippen MR) is 90.8 cm³/mol. The Balaban J connectivity index is 2.26. The number of nitrogens with zero attached hydrogens (tertiary/aromatic N) is 4. The van der Waals surface area contributed by atoms with Crippen LogP contribution in [0.2, 0.25) is 5.02 Å². The van der Waals surface area contributed by atoms with Crippen molar-refractivity contribution in [3.8, 4) is 16.9 Å². The first kappa shape index (κ1) is 14.8. The van der Waals surface area contributed by atoms with Crippen molar-refractivity contribution in [1.82, 2.24) is 20.0 Å². The lowest BCUT2D eigenvalue weighted by Crippen LogP contribution is -1.98. The van der Waals surface area contributed by atoms with Crippen molar-refractivity contribution in [1.29, 1.82) is 0 Å². The Kier molecular flexibility index (Phi) is 3.35. The molecule has 0 fully saturated rings. The fourth-order valence-electron chi connectivity index (χ4n) is 2.88. The molecule has 0 bridgehead atoms. The molecule has 0 amide bonds. The van der Waals surface area contributed by atoms with Gasteiger partial charge in [0.05, 0.1) is 18.7 Å². The molecular weight excluding hydrogens is 331 g/mol. The van der Waals surface area contributed by atoms with Gasteiger partial charge in [-0.2, -0.15) is 5.10 Å². The summed E-state index contributed by atoms with van der Waals surface area (Å²) >= 11 is 6.31. The highest BCUT2D eigenvalue weighted by atomic mass is 35.5. The summed E-state index contributed by atoms with van der Waals surface area (Å²) in [5, 5.41) is 14.3. The number of benzene rings is 2. The first-order chi connectivity index (χ1) is 11.6. The molecule has 0 unspecified atom stereocenters. The fraction of sp³-hybridized carbons (Fsp3) is 0.118. The van der Waals surface area contributed by atoms with Gasteiger partial charge in [0.2, 0.25) is 0 Å². The molecule has 0 radical (unpaired) electrons. The molecule has 0 aliphatic rings. The third-order valence-corrected chi connectivity index (χ3v) is 4.33. The number of rotatable bonds is 2. The van der Waals surface area contributed by atoms with E-state index in [0.29, 0.717) is 43.8 Å². The second-order valence-corrected chi connectivity index (χ2v) is 5.75. The molecule has 4 aromatic rings. The molecule has 0 atom stereocenters. The highest BCUT2D eigenvalue weighted by Gasteiger charge is 2.21.